The van der Waals surface area contributed by atoms with Gasteiger partial charge in [-0.15, -0.1) is 10.2 Å². The first kappa shape index (κ1) is 17.9. The van der Waals surface area contributed by atoms with Crippen molar-refractivity contribution in [2.45, 2.75) is 69.4 Å². The first-order valence-corrected chi connectivity index (χ1v) is 10.7. The van der Waals surface area contributed by atoms with Crippen LogP contribution < -0.4 is 5.32 Å². The summed E-state index contributed by atoms with van der Waals surface area (Å²) < 4.78 is 1.71. The monoisotopic (exact) mass is 407 g/mol. The molecule has 4 aliphatic carbocycles. The van der Waals surface area contributed by atoms with E-state index in [2.05, 4.69) is 49.6 Å². The van der Waals surface area contributed by atoms with Crippen LogP contribution in [0.25, 0.3) is 5.78 Å². The summed E-state index contributed by atoms with van der Waals surface area (Å²) in [5, 5.41) is 20.2. The highest BCUT2D eigenvalue weighted by molar-refractivity contribution is 5.93. The molecule has 156 valence electrons. The van der Waals surface area contributed by atoms with Crippen molar-refractivity contribution in [1.82, 2.24) is 45.1 Å². The van der Waals surface area contributed by atoms with Crippen LogP contribution in [0.15, 0.2) is 18.7 Å². The first-order valence-electron chi connectivity index (χ1n) is 10.7. The molecule has 3 heterocycles. The Labute approximate surface area is 173 Å². The van der Waals surface area contributed by atoms with Crippen LogP contribution >= 0.6 is 0 Å². The lowest BCUT2D eigenvalue weighted by molar-refractivity contribution is -0.0811. The van der Waals surface area contributed by atoms with Crippen molar-refractivity contribution in [3.63, 3.8) is 0 Å². The molecule has 2 atom stereocenters. The third kappa shape index (κ3) is 2.58. The lowest BCUT2D eigenvalue weighted by Gasteiger charge is -2.61. The number of hydrogen-bond acceptors (Lipinski definition) is 7. The topological polar surface area (TPSA) is 116 Å². The molecule has 4 bridgehead atoms. The lowest BCUT2D eigenvalue weighted by Crippen LogP contribution is -2.66. The van der Waals surface area contributed by atoms with Gasteiger partial charge in [-0.25, -0.2) is 9.50 Å². The highest BCUT2D eigenvalue weighted by atomic mass is 16.2. The molecule has 0 radical (unpaired) electrons. The Bertz CT molecular complexity index is 1100. The Morgan fingerprint density at radius 1 is 1.17 bits per heavy atom. The second kappa shape index (κ2) is 6.05. The van der Waals surface area contributed by atoms with Gasteiger partial charge in [0.15, 0.2) is 6.33 Å². The number of amides is 1. The minimum atomic E-state index is -0.242. The predicted molar refractivity (Wildman–Crippen MR) is 106 cm³/mol. The van der Waals surface area contributed by atoms with Crippen molar-refractivity contribution in [2.24, 2.45) is 11.8 Å². The van der Waals surface area contributed by atoms with Gasteiger partial charge in [0.05, 0.1) is 11.2 Å². The van der Waals surface area contributed by atoms with E-state index in [4.69, 9.17) is 0 Å². The molecule has 0 aromatic carbocycles. The van der Waals surface area contributed by atoms with Crippen molar-refractivity contribution in [3.8, 4) is 0 Å². The molecule has 4 fully saturated rings. The molecule has 4 saturated carbocycles. The van der Waals surface area contributed by atoms with Gasteiger partial charge in [0.2, 0.25) is 0 Å². The molecular weight excluding hydrogens is 382 g/mol. The Hall–Kier alpha value is -2.91. The predicted octanol–water partition coefficient (Wildman–Crippen LogP) is 1.71. The summed E-state index contributed by atoms with van der Waals surface area (Å²) in [6, 6.07) is 1.84. The number of rotatable bonds is 4. The van der Waals surface area contributed by atoms with E-state index in [1.165, 1.54) is 19.1 Å². The van der Waals surface area contributed by atoms with Crippen molar-refractivity contribution in [2.75, 3.05) is 0 Å². The molecule has 30 heavy (non-hydrogen) atoms. The third-order valence-electron chi connectivity index (χ3n) is 7.29. The van der Waals surface area contributed by atoms with E-state index in [0.717, 1.165) is 37.8 Å². The maximum absolute atomic E-state index is 13.4. The number of hydrogen-bond donors (Lipinski definition) is 1. The van der Waals surface area contributed by atoms with Gasteiger partial charge in [0, 0.05) is 5.54 Å². The molecule has 10 nitrogen and oxygen atoms in total. The van der Waals surface area contributed by atoms with E-state index in [0.29, 0.717) is 23.3 Å². The minimum Gasteiger partial charge on any atom is -0.345 e. The van der Waals surface area contributed by atoms with Crippen LogP contribution in [0.2, 0.25) is 0 Å². The quantitative estimate of drug-likeness (QED) is 0.700. The van der Waals surface area contributed by atoms with Crippen LogP contribution in [0.1, 0.15) is 74.5 Å². The van der Waals surface area contributed by atoms with E-state index in [9.17, 15) is 4.79 Å². The molecule has 1 amide bonds. The van der Waals surface area contributed by atoms with Crippen LogP contribution in [0.5, 0.6) is 0 Å². The zero-order valence-corrected chi connectivity index (χ0v) is 17.2. The van der Waals surface area contributed by atoms with E-state index in [-0.39, 0.29) is 22.9 Å². The summed E-state index contributed by atoms with van der Waals surface area (Å²) >= 11 is 0. The maximum Gasteiger partial charge on any atom is 0.270 e. The van der Waals surface area contributed by atoms with Crippen molar-refractivity contribution >= 4 is 11.7 Å². The Balaban J connectivity index is 1.34. The fourth-order valence-electron chi connectivity index (χ4n) is 6.65. The van der Waals surface area contributed by atoms with Gasteiger partial charge >= 0.3 is 0 Å². The average molecular weight is 407 g/mol. The van der Waals surface area contributed by atoms with Crippen molar-refractivity contribution in [1.29, 1.82) is 0 Å². The van der Waals surface area contributed by atoms with Gasteiger partial charge in [-0.3, -0.25) is 4.79 Å². The largest absolute Gasteiger partial charge is 0.345 e. The lowest BCUT2D eigenvalue weighted by atomic mass is 9.50. The number of tetrazole rings is 1. The first-order chi connectivity index (χ1) is 14.5. The number of carbonyl (C=O) groups excluding carboxylic acids is 1. The van der Waals surface area contributed by atoms with Gasteiger partial charge in [0.25, 0.3) is 11.7 Å². The molecule has 4 aliphatic rings. The summed E-state index contributed by atoms with van der Waals surface area (Å²) in [6.07, 6.45) is 9.22. The smallest absolute Gasteiger partial charge is 0.270 e. The van der Waals surface area contributed by atoms with Gasteiger partial charge in [-0.05, 0) is 67.6 Å². The summed E-state index contributed by atoms with van der Waals surface area (Å²) in [5.41, 5.74) is 0.953. The van der Waals surface area contributed by atoms with E-state index in [1.807, 2.05) is 10.9 Å². The Kier molecular flexibility index (Phi) is 3.61. The van der Waals surface area contributed by atoms with Crippen LogP contribution in [0.4, 0.5) is 0 Å². The number of fused-ring (bicyclic) bond motifs is 1. The van der Waals surface area contributed by atoms with Gasteiger partial charge in [0.1, 0.15) is 12.0 Å². The zero-order valence-electron chi connectivity index (χ0n) is 17.2. The molecule has 3 aromatic heterocycles. The average Bonchev–Trinajstić information content (AvgIpc) is 3.37. The fraction of sp³-hybridized carbons (Fsp3) is 0.650. The number of nitrogens with zero attached hydrogens (tertiary/aromatic N) is 8. The minimum absolute atomic E-state index is 0.133. The number of nitrogens with one attached hydrogen (secondary N) is 1. The third-order valence-corrected chi connectivity index (χ3v) is 7.29. The van der Waals surface area contributed by atoms with Crippen LogP contribution in [0, 0.1) is 11.8 Å². The SMILES string of the molecule is CC(C)c1cc(C(=O)NC23CC4CC(C2)CC(n2ncnn2)(C4)C3)nc2ncnn12. The highest BCUT2D eigenvalue weighted by Gasteiger charge is 2.60. The van der Waals surface area contributed by atoms with Gasteiger partial charge in [-0.2, -0.15) is 14.9 Å². The van der Waals surface area contributed by atoms with Gasteiger partial charge < -0.3 is 5.32 Å². The maximum atomic E-state index is 13.4. The summed E-state index contributed by atoms with van der Waals surface area (Å²) in [5.74, 6) is 1.68. The highest BCUT2D eigenvalue weighted by Crippen LogP contribution is 2.60. The van der Waals surface area contributed by atoms with Crippen molar-refractivity contribution in [3.05, 3.63) is 30.1 Å². The molecule has 2 unspecified atom stereocenters. The summed E-state index contributed by atoms with van der Waals surface area (Å²) in [7, 11) is 0. The molecule has 3 aromatic rings. The number of carbonyl (C=O) groups is 1. The van der Waals surface area contributed by atoms with Crippen LogP contribution in [0.3, 0.4) is 0 Å². The number of aromatic nitrogens is 8. The molecule has 10 heteroatoms. The molecule has 0 spiro atoms. The molecule has 7 rings (SSSR count). The molecule has 0 aliphatic heterocycles. The van der Waals surface area contributed by atoms with Crippen LogP contribution in [-0.4, -0.2) is 51.2 Å². The fourth-order valence-corrected chi connectivity index (χ4v) is 6.65. The summed E-state index contributed by atoms with van der Waals surface area (Å²) in [4.78, 5) is 23.9. The molecular formula is C20H25N9O. The van der Waals surface area contributed by atoms with Crippen LogP contribution in [-0.2, 0) is 5.54 Å². The second-order valence-corrected chi connectivity index (χ2v) is 9.84. The van der Waals surface area contributed by atoms with E-state index < -0.39 is 0 Å². The van der Waals surface area contributed by atoms with Crippen molar-refractivity contribution < 1.29 is 4.79 Å². The zero-order chi connectivity index (χ0) is 20.5. The molecule has 1 N–H and O–H groups in total. The standard InChI is InChI=1S/C20H25N9O/c1-12(2)16-4-15(25-18-21-10-23-28(16)18)17(30)26-19-5-13-3-14(6-19)8-20(7-13,9-19)29-24-11-22-27-29/h4,10-14H,3,5-9H2,1-2H3,(H,26,30). The normalized spacial score (nSPS) is 32.2. The van der Waals surface area contributed by atoms with E-state index in [1.54, 1.807) is 4.52 Å². The Morgan fingerprint density at radius 2 is 1.97 bits per heavy atom. The second-order valence-electron chi connectivity index (χ2n) is 9.84. The summed E-state index contributed by atoms with van der Waals surface area (Å²) in [6.45, 7) is 4.15. The Morgan fingerprint density at radius 3 is 2.67 bits per heavy atom. The van der Waals surface area contributed by atoms with E-state index >= 15 is 0 Å². The van der Waals surface area contributed by atoms with Gasteiger partial charge in [-0.1, -0.05) is 13.8 Å². The molecule has 0 saturated heterocycles.